The average molecular weight is 685 g/mol. The number of nitrogen functional groups attached to an aromatic ring is 1. The highest BCUT2D eigenvalue weighted by Gasteiger charge is 2.67. The van der Waals surface area contributed by atoms with Crippen LogP contribution in [0.2, 0.25) is 0 Å². The van der Waals surface area contributed by atoms with Gasteiger partial charge < -0.3 is 54.4 Å². The minimum Gasteiger partial charge on any atom is -0.423 e. The second-order valence-electron chi connectivity index (χ2n) is 14.4. The number of nitrogens with zero attached hydrogens (tertiary/aromatic N) is 2. The van der Waals surface area contributed by atoms with Crippen LogP contribution in [0.5, 0.6) is 0 Å². The number of aliphatic hydroxyl groups is 4. The van der Waals surface area contributed by atoms with Gasteiger partial charge in [-0.2, -0.15) is 4.98 Å². The molecule has 0 amide bonds. The predicted octanol–water partition coefficient (Wildman–Crippen LogP) is 0.410. The number of esters is 1. The Balaban J connectivity index is 1.14. The van der Waals surface area contributed by atoms with Crippen molar-refractivity contribution in [3.8, 4) is 0 Å². The largest absolute Gasteiger partial charge is 0.423 e. The van der Waals surface area contributed by atoms with Gasteiger partial charge >= 0.3 is 5.97 Å². The van der Waals surface area contributed by atoms with Gasteiger partial charge in [-0.05, 0) is 56.1 Å². The Kier molecular flexibility index (Phi) is 8.43. The van der Waals surface area contributed by atoms with Gasteiger partial charge in [-0.3, -0.25) is 9.78 Å². The van der Waals surface area contributed by atoms with Crippen molar-refractivity contribution in [2.24, 2.45) is 24.3 Å². The monoisotopic (exact) mass is 684 g/mol. The Morgan fingerprint density at radius 3 is 2.61 bits per heavy atom. The van der Waals surface area contributed by atoms with Gasteiger partial charge in [0, 0.05) is 31.8 Å². The Bertz CT molecular complexity index is 1790. The summed E-state index contributed by atoms with van der Waals surface area (Å²) < 4.78 is 31.6. The summed E-state index contributed by atoms with van der Waals surface area (Å²) in [4.78, 5) is 32.4. The number of fused-ring (bicyclic) bond motifs is 2. The Morgan fingerprint density at radius 2 is 1.92 bits per heavy atom. The molecule has 2 aromatic rings. The van der Waals surface area contributed by atoms with Gasteiger partial charge in [-0.15, -0.1) is 0 Å². The molecule has 7 rings (SSSR count). The fraction of sp³-hybridized carbons (Fsp3) is 0.618. The van der Waals surface area contributed by atoms with E-state index in [1.807, 2.05) is 13.0 Å². The number of nitrogens with one attached hydrogen (secondary N) is 1. The summed E-state index contributed by atoms with van der Waals surface area (Å²) in [6, 6.07) is 0. The average Bonchev–Trinajstić information content (AvgIpc) is 3.64. The van der Waals surface area contributed by atoms with Crippen LogP contribution >= 0.6 is 0 Å². The van der Waals surface area contributed by atoms with Gasteiger partial charge in [-0.1, -0.05) is 19.1 Å². The highest BCUT2D eigenvalue weighted by atomic mass is 16.7. The zero-order valence-electron chi connectivity index (χ0n) is 27.9. The molecule has 2 saturated carbocycles. The van der Waals surface area contributed by atoms with Crippen molar-refractivity contribution in [1.29, 1.82) is 0 Å². The molecule has 4 fully saturated rings. The maximum Gasteiger partial charge on any atom is 0.343 e. The summed E-state index contributed by atoms with van der Waals surface area (Å²) >= 11 is 0. The van der Waals surface area contributed by atoms with Crippen LogP contribution in [0.1, 0.15) is 45.1 Å². The molecule has 266 valence electrons. The minimum absolute atomic E-state index is 0.00852. The van der Waals surface area contributed by atoms with E-state index in [0.29, 0.717) is 41.6 Å². The van der Waals surface area contributed by atoms with Crippen molar-refractivity contribution in [3.63, 3.8) is 0 Å². The zero-order valence-corrected chi connectivity index (χ0v) is 27.9. The third kappa shape index (κ3) is 5.47. The molecule has 5 heterocycles. The molecule has 15 nitrogen and oxygen atoms in total. The van der Waals surface area contributed by atoms with Gasteiger partial charge in [0.05, 0.1) is 41.5 Å². The van der Waals surface area contributed by atoms with E-state index in [1.165, 1.54) is 0 Å². The Morgan fingerprint density at radius 1 is 1.16 bits per heavy atom. The maximum absolute atomic E-state index is 13.0. The van der Waals surface area contributed by atoms with E-state index < -0.39 is 60.5 Å². The summed E-state index contributed by atoms with van der Waals surface area (Å²) in [5.74, 6) is -0.340. The molecule has 2 aromatic heterocycles. The standard InChI is InChI=1S/C34H44N4O11/c1-32-9-8-22(49-30-26(42)25(41)24(40)19(14-39)48-30)33(2,45-4)20(32)7-10-34(15-46-34)21(32)6-5-16-11-18(47-29(16)44)12-17-13-38(3)27-23(17)28(43)37-31(35)36-27/h5-6,11-13,19-22,24-26,30,39-42H,7-10,14-15H2,1-4H3,(H3,35,36,37,43)/b6-5?,18-12+/t19?,20?,21?,22-,24?,25?,26?,30?,32+,33+,34?/m1/s1. The second-order valence-corrected chi connectivity index (χ2v) is 14.4. The summed E-state index contributed by atoms with van der Waals surface area (Å²) in [6.07, 6.45) is 4.12. The van der Waals surface area contributed by atoms with Crippen molar-refractivity contribution in [3.05, 3.63) is 51.7 Å². The van der Waals surface area contributed by atoms with E-state index in [0.717, 1.165) is 12.8 Å². The number of methoxy groups -OCH3 is 1. The van der Waals surface area contributed by atoms with Crippen LogP contribution < -0.4 is 11.3 Å². The van der Waals surface area contributed by atoms with Crippen LogP contribution in [-0.2, 0) is 35.5 Å². The molecule has 7 N–H and O–H groups in total. The van der Waals surface area contributed by atoms with Crippen molar-refractivity contribution >= 4 is 29.0 Å². The summed E-state index contributed by atoms with van der Waals surface area (Å²) in [5.41, 5.74) is 5.07. The van der Waals surface area contributed by atoms with E-state index in [9.17, 15) is 30.0 Å². The lowest BCUT2D eigenvalue weighted by Crippen LogP contribution is -2.66. The molecule has 3 aliphatic heterocycles. The Hall–Kier alpha value is -3.41. The number of epoxide rings is 1. The van der Waals surface area contributed by atoms with Crippen LogP contribution in [0.3, 0.4) is 0 Å². The number of carbonyl (C=O) groups is 1. The molecule has 15 heteroatoms. The lowest BCUT2D eigenvalue weighted by molar-refractivity contribution is -0.337. The first kappa shape index (κ1) is 34.1. The first-order valence-corrected chi connectivity index (χ1v) is 16.6. The van der Waals surface area contributed by atoms with Crippen LogP contribution in [-0.4, -0.2) is 109 Å². The summed E-state index contributed by atoms with van der Waals surface area (Å²) in [6.45, 7) is 4.24. The molecular formula is C34H44N4O11. The quantitative estimate of drug-likeness (QED) is 0.132. The number of hydrogen-bond donors (Lipinski definition) is 6. The molecule has 5 aliphatic rings. The topological polar surface area (TPSA) is 224 Å². The molecule has 49 heavy (non-hydrogen) atoms. The number of H-pyrrole nitrogens is 1. The van der Waals surface area contributed by atoms with E-state index >= 15 is 0 Å². The molecule has 0 aromatic carbocycles. The molecule has 8 unspecified atom stereocenters. The van der Waals surface area contributed by atoms with Crippen molar-refractivity contribution in [1.82, 2.24) is 14.5 Å². The number of aromatic nitrogens is 3. The number of aromatic amines is 1. The van der Waals surface area contributed by atoms with Crippen molar-refractivity contribution in [2.45, 2.75) is 87.5 Å². The fourth-order valence-electron chi connectivity index (χ4n) is 8.93. The first-order valence-electron chi connectivity index (χ1n) is 16.6. The van der Waals surface area contributed by atoms with Crippen molar-refractivity contribution < 1.29 is 48.9 Å². The van der Waals surface area contributed by atoms with E-state index in [-0.39, 0.29) is 34.6 Å². The van der Waals surface area contributed by atoms with Gasteiger partial charge in [0.2, 0.25) is 5.95 Å². The van der Waals surface area contributed by atoms with Crippen LogP contribution in [0.25, 0.3) is 17.1 Å². The van der Waals surface area contributed by atoms with E-state index in [1.54, 1.807) is 43.1 Å². The number of allylic oxidation sites excluding steroid dienone is 1. The number of anilines is 1. The summed E-state index contributed by atoms with van der Waals surface area (Å²) in [5, 5.41) is 41.3. The van der Waals surface area contributed by atoms with Gasteiger partial charge in [0.15, 0.2) is 6.29 Å². The van der Waals surface area contributed by atoms with Crippen LogP contribution in [0.15, 0.2) is 40.6 Å². The third-order valence-corrected chi connectivity index (χ3v) is 11.7. The SMILES string of the molecule is CO[C@@]1(C)C2CCC3(CO3)C(C=CC3=C/C(=C\c4cn(C)c5nc(N)[nH]c(=O)c45)OC3=O)[C@@]2(C)CC[C@H]1OC1OC(CO)C(O)C(O)C1O. The molecule has 0 radical (unpaired) electrons. The molecule has 2 aliphatic carbocycles. The Labute approximate surface area is 281 Å². The highest BCUT2D eigenvalue weighted by Crippen LogP contribution is 2.64. The molecule has 0 bridgehead atoms. The normalized spacial score (nSPS) is 41.4. The number of rotatable bonds is 7. The van der Waals surface area contributed by atoms with E-state index in [2.05, 4.69) is 16.9 Å². The number of hydrogen-bond acceptors (Lipinski definition) is 13. The minimum atomic E-state index is -1.55. The van der Waals surface area contributed by atoms with Crippen molar-refractivity contribution in [2.75, 3.05) is 26.1 Å². The number of ether oxygens (including phenoxy) is 5. The van der Waals surface area contributed by atoms with Crippen LogP contribution in [0.4, 0.5) is 5.95 Å². The number of cyclic esters (lactones) is 1. The predicted molar refractivity (Wildman–Crippen MR) is 173 cm³/mol. The lowest BCUT2D eigenvalue weighted by atomic mass is 9.48. The number of aliphatic hydroxyl groups excluding tert-OH is 4. The number of carbonyl (C=O) groups excluding carboxylic acids is 1. The van der Waals surface area contributed by atoms with Gasteiger partial charge in [-0.25, -0.2) is 4.79 Å². The number of nitrogens with two attached hydrogens (primary N) is 1. The smallest absolute Gasteiger partial charge is 0.343 e. The first-order chi connectivity index (χ1) is 23.2. The second kappa shape index (κ2) is 12.1. The van der Waals surface area contributed by atoms with Crippen LogP contribution in [0, 0.1) is 17.3 Å². The van der Waals surface area contributed by atoms with E-state index in [4.69, 9.17) is 29.4 Å². The molecular weight excluding hydrogens is 640 g/mol. The molecule has 2 saturated heterocycles. The third-order valence-electron chi connectivity index (χ3n) is 11.7. The maximum atomic E-state index is 13.0. The summed E-state index contributed by atoms with van der Waals surface area (Å²) in [7, 11) is 3.37. The molecule has 11 atom stereocenters. The zero-order chi connectivity index (χ0) is 35.0. The fourth-order valence-corrected chi connectivity index (χ4v) is 8.93. The molecule has 1 spiro atoms. The van der Waals surface area contributed by atoms with Gasteiger partial charge in [0.1, 0.15) is 35.8 Å². The van der Waals surface area contributed by atoms with Gasteiger partial charge in [0.25, 0.3) is 5.56 Å². The lowest BCUT2D eigenvalue weighted by Gasteiger charge is -2.61. The number of aryl methyl sites for hydroxylation is 1. The highest BCUT2D eigenvalue weighted by molar-refractivity contribution is 5.97.